The number of pyridine rings is 1. The molecule has 0 saturated heterocycles. The third-order valence-corrected chi connectivity index (χ3v) is 5.77. The lowest BCUT2D eigenvalue weighted by Crippen LogP contribution is -2.02. The van der Waals surface area contributed by atoms with Gasteiger partial charge in [-0.25, -0.2) is 9.97 Å². The van der Waals surface area contributed by atoms with Crippen LogP contribution in [0.1, 0.15) is 16.7 Å². The molecular weight excluding hydrogens is 336 g/mol. The van der Waals surface area contributed by atoms with Crippen LogP contribution < -0.4 is 5.32 Å². The monoisotopic (exact) mass is 352 g/mol. The van der Waals surface area contributed by atoms with Crippen LogP contribution in [-0.4, -0.2) is 15.0 Å². The molecule has 0 aromatic carbocycles. The van der Waals surface area contributed by atoms with E-state index in [1.807, 2.05) is 12.1 Å². The van der Waals surface area contributed by atoms with E-state index in [1.165, 1.54) is 9.75 Å². The summed E-state index contributed by atoms with van der Waals surface area (Å²) < 4.78 is 0. The van der Waals surface area contributed by atoms with Crippen LogP contribution >= 0.6 is 22.7 Å². The Kier molecular flexibility index (Phi) is 4.23. The first-order chi connectivity index (χ1) is 11.8. The van der Waals surface area contributed by atoms with E-state index >= 15 is 0 Å². The summed E-state index contributed by atoms with van der Waals surface area (Å²) in [4.78, 5) is 17.3. The third-order valence-electron chi connectivity index (χ3n) is 3.72. The van der Waals surface area contributed by atoms with Gasteiger partial charge in [0.05, 0.1) is 11.9 Å². The highest BCUT2D eigenvalue weighted by Crippen LogP contribution is 2.32. The van der Waals surface area contributed by atoms with E-state index in [4.69, 9.17) is 9.97 Å². The van der Waals surface area contributed by atoms with Gasteiger partial charge in [-0.3, -0.25) is 4.98 Å². The number of aromatic nitrogens is 3. The molecule has 4 rings (SSSR count). The first-order valence-corrected chi connectivity index (χ1v) is 9.50. The minimum Gasteiger partial charge on any atom is -0.365 e. The predicted molar refractivity (Wildman–Crippen MR) is 102 cm³/mol. The highest BCUT2D eigenvalue weighted by molar-refractivity contribution is 7.18. The van der Waals surface area contributed by atoms with Gasteiger partial charge in [0.15, 0.2) is 5.82 Å². The molecule has 0 aliphatic rings. The van der Waals surface area contributed by atoms with Crippen LogP contribution in [0.25, 0.3) is 21.6 Å². The Balaban J connectivity index is 1.78. The quantitative estimate of drug-likeness (QED) is 0.550. The van der Waals surface area contributed by atoms with Crippen molar-refractivity contribution in [1.29, 1.82) is 0 Å². The lowest BCUT2D eigenvalue weighted by molar-refractivity contribution is 1.13. The normalized spacial score (nSPS) is 11.0. The summed E-state index contributed by atoms with van der Waals surface area (Å²) in [5, 5.41) is 6.67. The first-order valence-electron chi connectivity index (χ1n) is 7.80. The molecule has 0 amide bonds. The molecule has 0 spiro atoms. The van der Waals surface area contributed by atoms with Gasteiger partial charge in [0.25, 0.3) is 0 Å². The number of hydrogen-bond acceptors (Lipinski definition) is 6. The standard InChI is InChI=1S/C18H16N4S2/c1-2-13-9-15-17(20-11-14-6-4-8-23-14)21-16(22-18(15)24-13)12-5-3-7-19-10-12/h3-10H,2,11H2,1H3,(H,20,21,22). The van der Waals surface area contributed by atoms with Crippen LogP contribution in [0.4, 0.5) is 5.82 Å². The second-order valence-electron chi connectivity index (χ2n) is 5.36. The SMILES string of the molecule is CCc1cc2c(NCc3cccs3)nc(-c3cccnc3)nc2s1. The number of thiophene rings is 2. The van der Waals surface area contributed by atoms with Crippen molar-refractivity contribution < 1.29 is 0 Å². The summed E-state index contributed by atoms with van der Waals surface area (Å²) in [5.41, 5.74) is 0.935. The van der Waals surface area contributed by atoms with Gasteiger partial charge in [-0.1, -0.05) is 13.0 Å². The Morgan fingerprint density at radius 3 is 2.83 bits per heavy atom. The van der Waals surface area contributed by atoms with E-state index in [-0.39, 0.29) is 0 Å². The zero-order valence-corrected chi connectivity index (χ0v) is 14.8. The molecule has 0 aliphatic heterocycles. The average molecular weight is 352 g/mol. The van der Waals surface area contributed by atoms with Gasteiger partial charge < -0.3 is 5.32 Å². The third kappa shape index (κ3) is 3.02. The van der Waals surface area contributed by atoms with E-state index < -0.39 is 0 Å². The van der Waals surface area contributed by atoms with Crippen molar-refractivity contribution in [1.82, 2.24) is 15.0 Å². The molecule has 0 bridgehead atoms. The summed E-state index contributed by atoms with van der Waals surface area (Å²) in [6.45, 7) is 2.94. The zero-order chi connectivity index (χ0) is 16.4. The Morgan fingerprint density at radius 2 is 2.08 bits per heavy atom. The molecule has 0 unspecified atom stereocenters. The maximum absolute atomic E-state index is 4.77. The highest BCUT2D eigenvalue weighted by Gasteiger charge is 2.12. The summed E-state index contributed by atoms with van der Waals surface area (Å²) in [6.07, 6.45) is 4.57. The fourth-order valence-electron chi connectivity index (χ4n) is 2.49. The first kappa shape index (κ1) is 15.2. The molecule has 4 heterocycles. The van der Waals surface area contributed by atoms with E-state index in [2.05, 4.69) is 40.8 Å². The lowest BCUT2D eigenvalue weighted by atomic mass is 10.2. The zero-order valence-electron chi connectivity index (χ0n) is 13.2. The highest BCUT2D eigenvalue weighted by atomic mass is 32.1. The van der Waals surface area contributed by atoms with E-state index in [9.17, 15) is 0 Å². The van der Waals surface area contributed by atoms with Gasteiger partial charge in [-0.05, 0) is 36.1 Å². The minimum atomic E-state index is 0.716. The largest absolute Gasteiger partial charge is 0.365 e. The van der Waals surface area contributed by atoms with Gasteiger partial charge >= 0.3 is 0 Å². The van der Waals surface area contributed by atoms with Crippen LogP contribution in [0.5, 0.6) is 0 Å². The molecule has 1 N–H and O–H groups in total. The van der Waals surface area contributed by atoms with E-state index in [0.29, 0.717) is 5.82 Å². The Hall–Kier alpha value is -2.31. The number of aryl methyl sites for hydroxylation is 1. The number of anilines is 1. The Labute approximate surface area is 148 Å². The van der Waals surface area contributed by atoms with Crippen LogP contribution in [0, 0.1) is 0 Å². The topological polar surface area (TPSA) is 50.7 Å². The van der Waals surface area contributed by atoms with Gasteiger partial charge in [0.2, 0.25) is 0 Å². The second kappa shape index (κ2) is 6.67. The lowest BCUT2D eigenvalue weighted by Gasteiger charge is -2.08. The predicted octanol–water partition coefficient (Wildman–Crippen LogP) is 4.99. The fraction of sp³-hybridized carbons (Fsp3) is 0.167. The number of nitrogens with zero attached hydrogens (tertiary/aromatic N) is 3. The molecule has 4 nitrogen and oxygen atoms in total. The number of rotatable bonds is 5. The molecule has 120 valence electrons. The molecule has 0 atom stereocenters. The fourth-order valence-corrected chi connectivity index (χ4v) is 4.10. The maximum Gasteiger partial charge on any atom is 0.164 e. The van der Waals surface area contributed by atoms with E-state index in [0.717, 1.165) is 34.6 Å². The summed E-state index contributed by atoms with van der Waals surface area (Å²) in [6, 6.07) is 10.3. The summed E-state index contributed by atoms with van der Waals surface area (Å²) >= 11 is 3.48. The molecule has 24 heavy (non-hydrogen) atoms. The Bertz CT molecular complexity index is 946. The maximum atomic E-state index is 4.77. The molecule has 4 aromatic rings. The molecule has 6 heteroatoms. The van der Waals surface area contributed by atoms with Gasteiger partial charge in [0.1, 0.15) is 10.6 Å². The molecule has 0 aliphatic carbocycles. The van der Waals surface area contributed by atoms with Gasteiger partial charge in [-0.2, -0.15) is 0 Å². The summed E-state index contributed by atoms with van der Waals surface area (Å²) in [5.74, 6) is 1.61. The van der Waals surface area contributed by atoms with Crippen molar-refractivity contribution in [3.05, 3.63) is 57.9 Å². The molecule has 0 saturated carbocycles. The van der Waals surface area contributed by atoms with Crippen molar-refractivity contribution in [2.45, 2.75) is 19.9 Å². The molecular formula is C18H16N4S2. The van der Waals surface area contributed by atoms with Crippen molar-refractivity contribution in [2.75, 3.05) is 5.32 Å². The number of hydrogen-bond donors (Lipinski definition) is 1. The second-order valence-corrected chi connectivity index (χ2v) is 7.50. The van der Waals surface area contributed by atoms with Crippen LogP contribution in [-0.2, 0) is 13.0 Å². The van der Waals surface area contributed by atoms with Crippen molar-refractivity contribution in [3.8, 4) is 11.4 Å². The molecule has 4 aromatic heterocycles. The molecule has 0 fully saturated rings. The number of fused-ring (bicyclic) bond motifs is 1. The summed E-state index contributed by atoms with van der Waals surface area (Å²) in [7, 11) is 0. The Morgan fingerprint density at radius 1 is 1.12 bits per heavy atom. The van der Waals surface area contributed by atoms with Crippen LogP contribution in [0.3, 0.4) is 0 Å². The smallest absolute Gasteiger partial charge is 0.164 e. The van der Waals surface area contributed by atoms with E-state index in [1.54, 1.807) is 35.1 Å². The van der Waals surface area contributed by atoms with Crippen molar-refractivity contribution in [2.24, 2.45) is 0 Å². The average Bonchev–Trinajstić information content (AvgIpc) is 3.29. The van der Waals surface area contributed by atoms with Gasteiger partial charge in [-0.15, -0.1) is 22.7 Å². The minimum absolute atomic E-state index is 0.716. The van der Waals surface area contributed by atoms with Crippen molar-refractivity contribution in [3.63, 3.8) is 0 Å². The van der Waals surface area contributed by atoms with Crippen LogP contribution in [0.2, 0.25) is 0 Å². The van der Waals surface area contributed by atoms with Crippen LogP contribution in [0.15, 0.2) is 48.1 Å². The molecule has 0 radical (unpaired) electrons. The van der Waals surface area contributed by atoms with Crippen molar-refractivity contribution >= 4 is 38.7 Å². The van der Waals surface area contributed by atoms with Gasteiger partial charge in [0, 0.05) is 27.7 Å². The number of nitrogens with one attached hydrogen (secondary N) is 1.